The van der Waals surface area contributed by atoms with Crippen LogP contribution in [-0.4, -0.2) is 52.1 Å². The Labute approximate surface area is 192 Å². The molecule has 0 N–H and O–H groups in total. The fraction of sp³-hybridized carbons (Fsp3) is 0.231. The number of rotatable bonds is 5. The lowest BCUT2D eigenvalue weighted by Gasteiger charge is -2.24. The molecule has 0 aliphatic carbocycles. The summed E-state index contributed by atoms with van der Waals surface area (Å²) in [5.41, 5.74) is 2.75. The summed E-state index contributed by atoms with van der Waals surface area (Å²) in [5.74, 6) is 0.665. The van der Waals surface area contributed by atoms with Gasteiger partial charge >= 0.3 is 6.01 Å². The largest absolute Gasteiger partial charge is 0.424 e. The highest BCUT2D eigenvalue weighted by Gasteiger charge is 2.24. The van der Waals surface area contributed by atoms with Crippen molar-refractivity contribution in [1.82, 2.24) is 19.9 Å². The minimum Gasteiger partial charge on any atom is -0.424 e. The quantitative estimate of drug-likeness (QED) is 0.464. The van der Waals surface area contributed by atoms with Crippen molar-refractivity contribution >= 4 is 16.8 Å². The maximum atomic E-state index is 13.3. The van der Waals surface area contributed by atoms with E-state index in [9.17, 15) is 4.79 Å². The van der Waals surface area contributed by atoms with Gasteiger partial charge in [0.15, 0.2) is 0 Å². The van der Waals surface area contributed by atoms with Gasteiger partial charge in [-0.25, -0.2) is 9.97 Å². The first-order valence-corrected chi connectivity index (χ1v) is 11.0. The third-order valence-electron chi connectivity index (χ3n) is 5.68. The Kier molecular flexibility index (Phi) is 6.21. The van der Waals surface area contributed by atoms with E-state index >= 15 is 0 Å². The number of hydrogen-bond acceptors (Lipinski definition) is 6. The number of carbonyl (C=O) groups is 1. The van der Waals surface area contributed by atoms with Crippen LogP contribution in [0.5, 0.6) is 11.8 Å². The Bertz CT molecular complexity index is 1240. The van der Waals surface area contributed by atoms with Gasteiger partial charge in [-0.2, -0.15) is 0 Å². The molecule has 1 saturated heterocycles. The number of carbonyl (C=O) groups excluding carboxylic acids is 1. The van der Waals surface area contributed by atoms with Crippen molar-refractivity contribution in [1.29, 1.82) is 0 Å². The molecule has 0 bridgehead atoms. The monoisotopic (exact) mass is 440 g/mol. The fourth-order valence-corrected chi connectivity index (χ4v) is 4.15. The van der Waals surface area contributed by atoms with Crippen LogP contribution in [0.1, 0.15) is 15.9 Å². The second kappa shape index (κ2) is 9.75. The Morgan fingerprint density at radius 3 is 2.73 bits per heavy atom. The SMILES string of the molecule is O=C(c1cccc(Oc2ncccn2)c1)N1CCOC[C@@H](Cc2cccc3cccnc23)C1. The first kappa shape index (κ1) is 21.0. The summed E-state index contributed by atoms with van der Waals surface area (Å²) in [6.07, 6.45) is 5.84. The third-order valence-corrected chi connectivity index (χ3v) is 5.68. The van der Waals surface area contributed by atoms with Crippen LogP contribution in [-0.2, 0) is 11.2 Å². The van der Waals surface area contributed by atoms with E-state index < -0.39 is 0 Å². The molecule has 7 heteroatoms. The summed E-state index contributed by atoms with van der Waals surface area (Å²) in [7, 11) is 0. The van der Waals surface area contributed by atoms with Crippen molar-refractivity contribution in [3.8, 4) is 11.8 Å². The van der Waals surface area contributed by atoms with Crippen LogP contribution in [0.2, 0.25) is 0 Å². The predicted molar refractivity (Wildman–Crippen MR) is 124 cm³/mol. The number of ether oxygens (including phenoxy) is 2. The van der Waals surface area contributed by atoms with E-state index in [4.69, 9.17) is 9.47 Å². The van der Waals surface area contributed by atoms with Crippen molar-refractivity contribution in [2.45, 2.75) is 6.42 Å². The van der Waals surface area contributed by atoms with Crippen molar-refractivity contribution < 1.29 is 14.3 Å². The van der Waals surface area contributed by atoms with E-state index in [2.05, 4.69) is 39.2 Å². The molecule has 2 aromatic carbocycles. The molecule has 4 aromatic rings. The molecular weight excluding hydrogens is 416 g/mol. The van der Waals surface area contributed by atoms with Gasteiger partial charge in [0.05, 0.1) is 18.7 Å². The van der Waals surface area contributed by atoms with Gasteiger partial charge in [0, 0.05) is 48.5 Å². The zero-order valence-corrected chi connectivity index (χ0v) is 18.1. The van der Waals surface area contributed by atoms with E-state index in [0.29, 0.717) is 37.6 Å². The van der Waals surface area contributed by atoms with E-state index in [-0.39, 0.29) is 17.8 Å². The van der Waals surface area contributed by atoms with Crippen LogP contribution in [0.4, 0.5) is 0 Å². The highest BCUT2D eigenvalue weighted by molar-refractivity contribution is 5.94. The van der Waals surface area contributed by atoms with E-state index in [0.717, 1.165) is 17.3 Å². The highest BCUT2D eigenvalue weighted by atomic mass is 16.5. The maximum absolute atomic E-state index is 13.3. The second-order valence-corrected chi connectivity index (χ2v) is 8.05. The molecule has 33 heavy (non-hydrogen) atoms. The molecule has 2 aromatic heterocycles. The minimum atomic E-state index is -0.0408. The number of nitrogens with zero attached hydrogens (tertiary/aromatic N) is 4. The number of amides is 1. The molecule has 0 unspecified atom stereocenters. The molecule has 1 fully saturated rings. The maximum Gasteiger partial charge on any atom is 0.321 e. The molecule has 0 spiro atoms. The molecule has 1 aliphatic rings. The Hall–Kier alpha value is -3.84. The van der Waals surface area contributed by atoms with Crippen LogP contribution >= 0.6 is 0 Å². The highest BCUT2D eigenvalue weighted by Crippen LogP contribution is 2.23. The summed E-state index contributed by atoms with van der Waals surface area (Å²) in [5, 5.41) is 1.12. The molecule has 5 rings (SSSR count). The van der Waals surface area contributed by atoms with E-state index in [1.54, 1.807) is 42.7 Å². The summed E-state index contributed by atoms with van der Waals surface area (Å²) in [6, 6.07) is 19.3. The van der Waals surface area contributed by atoms with Crippen LogP contribution in [0.15, 0.2) is 79.3 Å². The second-order valence-electron chi connectivity index (χ2n) is 8.05. The van der Waals surface area contributed by atoms with E-state index in [1.165, 1.54) is 5.56 Å². The topological polar surface area (TPSA) is 77.4 Å². The van der Waals surface area contributed by atoms with Gasteiger partial charge in [-0.15, -0.1) is 0 Å². The van der Waals surface area contributed by atoms with Gasteiger partial charge in [-0.3, -0.25) is 9.78 Å². The zero-order chi connectivity index (χ0) is 22.5. The van der Waals surface area contributed by atoms with Crippen LogP contribution in [0, 0.1) is 5.92 Å². The summed E-state index contributed by atoms with van der Waals surface area (Å²) in [6.45, 7) is 2.30. The lowest BCUT2D eigenvalue weighted by Crippen LogP contribution is -2.36. The molecule has 0 saturated carbocycles. The number of benzene rings is 2. The molecule has 166 valence electrons. The number of para-hydroxylation sites is 1. The average Bonchev–Trinajstić information content (AvgIpc) is 3.10. The molecule has 1 amide bonds. The predicted octanol–water partition coefficient (Wildman–Crippen LogP) is 4.15. The Balaban J connectivity index is 1.32. The summed E-state index contributed by atoms with van der Waals surface area (Å²) < 4.78 is 11.6. The van der Waals surface area contributed by atoms with Gasteiger partial charge in [-0.05, 0) is 42.3 Å². The smallest absolute Gasteiger partial charge is 0.321 e. The average molecular weight is 441 g/mol. The van der Waals surface area contributed by atoms with Gasteiger partial charge in [-0.1, -0.05) is 30.3 Å². The molecular formula is C26H24N4O3. The lowest BCUT2D eigenvalue weighted by molar-refractivity contribution is 0.0737. The molecule has 3 heterocycles. The normalized spacial score (nSPS) is 16.4. The number of aromatic nitrogens is 3. The van der Waals surface area contributed by atoms with Crippen molar-refractivity contribution in [2.24, 2.45) is 5.92 Å². The summed E-state index contributed by atoms with van der Waals surface area (Å²) >= 11 is 0. The lowest BCUT2D eigenvalue weighted by atomic mass is 9.97. The summed E-state index contributed by atoms with van der Waals surface area (Å²) in [4.78, 5) is 27.9. The van der Waals surface area contributed by atoms with E-state index in [1.807, 2.05) is 17.2 Å². The first-order valence-electron chi connectivity index (χ1n) is 11.0. The standard InChI is InChI=1S/C26H24N4O3/c31-25(22-7-2-9-23(16-22)33-26-28-11-4-12-29-26)30-13-14-32-18-19(17-30)15-21-6-1-5-20-8-3-10-27-24(20)21/h1-12,16,19H,13-15,17-18H2/t19-/m0/s1. The molecule has 1 atom stereocenters. The van der Waals surface area contributed by atoms with Crippen LogP contribution in [0.3, 0.4) is 0 Å². The van der Waals surface area contributed by atoms with Crippen molar-refractivity contribution in [3.63, 3.8) is 0 Å². The molecule has 7 nitrogen and oxygen atoms in total. The van der Waals surface area contributed by atoms with Crippen LogP contribution in [0.25, 0.3) is 10.9 Å². The molecule has 1 aliphatic heterocycles. The van der Waals surface area contributed by atoms with Gasteiger partial charge in [0.25, 0.3) is 5.91 Å². The fourth-order valence-electron chi connectivity index (χ4n) is 4.15. The Morgan fingerprint density at radius 2 is 1.82 bits per heavy atom. The molecule has 0 radical (unpaired) electrons. The first-order chi connectivity index (χ1) is 16.3. The minimum absolute atomic E-state index is 0.0408. The van der Waals surface area contributed by atoms with Crippen LogP contribution < -0.4 is 4.74 Å². The number of hydrogen-bond donors (Lipinski definition) is 0. The van der Waals surface area contributed by atoms with Gasteiger partial charge in [0.2, 0.25) is 0 Å². The van der Waals surface area contributed by atoms with Gasteiger partial charge < -0.3 is 14.4 Å². The number of fused-ring (bicyclic) bond motifs is 1. The van der Waals surface area contributed by atoms with Crippen molar-refractivity contribution in [3.05, 3.63) is 90.4 Å². The zero-order valence-electron chi connectivity index (χ0n) is 18.1. The van der Waals surface area contributed by atoms with Gasteiger partial charge in [0.1, 0.15) is 5.75 Å². The van der Waals surface area contributed by atoms with Crippen molar-refractivity contribution in [2.75, 3.05) is 26.3 Å². The Morgan fingerprint density at radius 1 is 1.00 bits per heavy atom. The number of pyridine rings is 1. The third kappa shape index (κ3) is 4.99.